The Morgan fingerprint density at radius 3 is 2.52 bits per heavy atom. The van der Waals surface area contributed by atoms with Gasteiger partial charge in [-0.3, -0.25) is 4.72 Å². The lowest BCUT2D eigenvalue weighted by Crippen LogP contribution is -2.13. The van der Waals surface area contributed by atoms with Crippen molar-refractivity contribution in [1.29, 1.82) is 0 Å². The van der Waals surface area contributed by atoms with E-state index >= 15 is 0 Å². The molecule has 0 saturated carbocycles. The zero-order chi connectivity index (χ0) is 20.2. The maximum absolute atomic E-state index is 13.0. The van der Waals surface area contributed by atoms with Crippen molar-refractivity contribution in [3.05, 3.63) is 70.9 Å². The maximum Gasteiger partial charge on any atom is 0.261 e. The van der Waals surface area contributed by atoms with Gasteiger partial charge in [0.05, 0.1) is 10.6 Å². The first-order chi connectivity index (χ1) is 13.9. The van der Waals surface area contributed by atoms with Gasteiger partial charge >= 0.3 is 0 Å². The van der Waals surface area contributed by atoms with Crippen LogP contribution < -0.4 is 4.72 Å². The first-order valence-corrected chi connectivity index (χ1v) is 11.5. The highest BCUT2D eigenvalue weighted by Crippen LogP contribution is 2.40. The second-order valence-corrected chi connectivity index (χ2v) is 9.88. The van der Waals surface area contributed by atoms with Crippen molar-refractivity contribution in [3.8, 4) is 0 Å². The third-order valence-corrected chi connectivity index (χ3v) is 7.30. The van der Waals surface area contributed by atoms with E-state index in [0.717, 1.165) is 46.8 Å². The SMILES string of the molecule is C[C@@H]1CCc2oc3c(cc(NS(=O)(=O)c4ccc(Cl)cc4)c4ccccc43)c2C1. The molecular formula is C23H20ClNO3S. The minimum atomic E-state index is -3.74. The average Bonchev–Trinajstić information content (AvgIpc) is 3.06. The van der Waals surface area contributed by atoms with Gasteiger partial charge in [0.1, 0.15) is 11.3 Å². The lowest BCUT2D eigenvalue weighted by molar-refractivity contribution is 0.439. The van der Waals surface area contributed by atoms with Gasteiger partial charge in [0, 0.05) is 33.2 Å². The van der Waals surface area contributed by atoms with Crippen molar-refractivity contribution in [2.75, 3.05) is 4.72 Å². The summed E-state index contributed by atoms with van der Waals surface area (Å²) in [5, 5.41) is 3.23. The van der Waals surface area contributed by atoms with Crippen molar-refractivity contribution in [3.63, 3.8) is 0 Å². The molecule has 6 heteroatoms. The summed E-state index contributed by atoms with van der Waals surface area (Å²) in [5.41, 5.74) is 2.61. The van der Waals surface area contributed by atoms with E-state index in [2.05, 4.69) is 11.6 Å². The quantitative estimate of drug-likeness (QED) is 0.427. The largest absolute Gasteiger partial charge is 0.460 e. The highest BCUT2D eigenvalue weighted by molar-refractivity contribution is 7.92. The third kappa shape index (κ3) is 3.18. The Balaban J connectivity index is 1.70. The number of halogens is 1. The smallest absolute Gasteiger partial charge is 0.261 e. The van der Waals surface area contributed by atoms with Crippen LogP contribution in [0.4, 0.5) is 5.69 Å². The molecule has 0 unspecified atom stereocenters. The fraction of sp³-hybridized carbons (Fsp3) is 0.217. The molecule has 1 aliphatic rings. The standard InChI is InChI=1S/C23H20ClNO3S/c1-14-6-11-22-19(12-14)20-13-21(17-4-2-3-5-18(17)23(20)28-22)25-29(26,27)16-9-7-15(24)8-10-16/h2-5,7-10,13-14,25H,6,11-12H2,1H3/t14-/m1/s1. The first-order valence-electron chi connectivity index (χ1n) is 9.67. The molecule has 0 saturated heterocycles. The fourth-order valence-electron chi connectivity index (χ4n) is 4.17. The molecule has 0 bridgehead atoms. The van der Waals surface area contributed by atoms with Crippen LogP contribution in [0.3, 0.4) is 0 Å². The summed E-state index contributed by atoms with van der Waals surface area (Å²) >= 11 is 5.91. The lowest BCUT2D eigenvalue weighted by Gasteiger charge is -2.17. The molecule has 0 spiro atoms. The van der Waals surface area contributed by atoms with Crippen LogP contribution in [0.25, 0.3) is 21.7 Å². The van der Waals surface area contributed by atoms with Crippen LogP contribution in [0.5, 0.6) is 0 Å². The molecule has 1 N–H and O–H groups in total. The molecule has 0 radical (unpaired) electrons. The first kappa shape index (κ1) is 18.5. The van der Waals surface area contributed by atoms with Gasteiger partial charge in [-0.1, -0.05) is 42.8 Å². The highest BCUT2D eigenvalue weighted by atomic mass is 35.5. The van der Waals surface area contributed by atoms with Gasteiger partial charge in [0.15, 0.2) is 0 Å². The molecule has 4 aromatic rings. The molecule has 29 heavy (non-hydrogen) atoms. The zero-order valence-electron chi connectivity index (χ0n) is 15.9. The molecule has 0 amide bonds. The van der Waals surface area contributed by atoms with Crippen LogP contribution >= 0.6 is 11.6 Å². The van der Waals surface area contributed by atoms with Gasteiger partial charge in [-0.15, -0.1) is 0 Å². The summed E-state index contributed by atoms with van der Waals surface area (Å²) in [6.45, 7) is 2.24. The Kier molecular flexibility index (Phi) is 4.33. The summed E-state index contributed by atoms with van der Waals surface area (Å²) in [6, 6.07) is 15.8. The minimum absolute atomic E-state index is 0.175. The van der Waals surface area contributed by atoms with Crippen molar-refractivity contribution < 1.29 is 12.8 Å². The maximum atomic E-state index is 13.0. The number of nitrogens with one attached hydrogen (secondary N) is 1. The Hall–Kier alpha value is -2.50. The Morgan fingerprint density at radius 1 is 1.03 bits per heavy atom. The average molecular weight is 426 g/mol. The number of fused-ring (bicyclic) bond motifs is 5. The van der Waals surface area contributed by atoms with E-state index in [9.17, 15) is 8.42 Å². The van der Waals surface area contributed by atoms with Crippen LogP contribution in [0.2, 0.25) is 5.02 Å². The van der Waals surface area contributed by atoms with Crippen molar-refractivity contribution in [2.45, 2.75) is 31.1 Å². The monoisotopic (exact) mass is 425 g/mol. The van der Waals surface area contributed by atoms with Crippen molar-refractivity contribution in [2.24, 2.45) is 5.92 Å². The van der Waals surface area contributed by atoms with E-state index in [1.54, 1.807) is 12.1 Å². The number of sulfonamides is 1. The number of aryl methyl sites for hydroxylation is 1. The zero-order valence-corrected chi connectivity index (χ0v) is 17.5. The number of hydrogen-bond donors (Lipinski definition) is 1. The Bertz CT molecular complexity index is 1340. The highest BCUT2D eigenvalue weighted by Gasteiger charge is 2.25. The molecule has 148 valence electrons. The van der Waals surface area contributed by atoms with Gasteiger partial charge in [-0.2, -0.15) is 0 Å². The van der Waals surface area contributed by atoms with Gasteiger partial charge in [-0.05, 0) is 49.1 Å². The summed E-state index contributed by atoms with van der Waals surface area (Å²) < 4.78 is 35.0. The molecule has 1 aromatic heterocycles. The topological polar surface area (TPSA) is 59.3 Å². The normalized spacial score (nSPS) is 16.8. The van der Waals surface area contributed by atoms with Crippen LogP contribution in [-0.4, -0.2) is 8.42 Å². The number of benzene rings is 3. The second kappa shape index (κ2) is 6.78. The number of furan rings is 1. The summed E-state index contributed by atoms with van der Waals surface area (Å²) in [7, 11) is -3.74. The molecule has 4 nitrogen and oxygen atoms in total. The van der Waals surface area contributed by atoms with E-state index in [-0.39, 0.29) is 4.90 Å². The van der Waals surface area contributed by atoms with Crippen molar-refractivity contribution in [1.82, 2.24) is 0 Å². The summed E-state index contributed by atoms with van der Waals surface area (Å²) in [6.07, 6.45) is 2.98. The van der Waals surface area contributed by atoms with Crippen molar-refractivity contribution >= 4 is 49.1 Å². The summed E-state index contributed by atoms with van der Waals surface area (Å²) in [5.74, 6) is 1.62. The lowest BCUT2D eigenvalue weighted by atomic mass is 9.87. The van der Waals surface area contributed by atoms with Gasteiger partial charge in [0.2, 0.25) is 0 Å². The summed E-state index contributed by atoms with van der Waals surface area (Å²) in [4.78, 5) is 0.175. The van der Waals surface area contributed by atoms with Crippen LogP contribution in [0.1, 0.15) is 24.7 Å². The molecule has 1 heterocycles. The van der Waals surface area contributed by atoms with Crippen LogP contribution in [0.15, 0.2) is 63.9 Å². The van der Waals surface area contributed by atoms with E-state index in [1.807, 2.05) is 30.3 Å². The fourth-order valence-corrected chi connectivity index (χ4v) is 5.37. The van der Waals surface area contributed by atoms with Gasteiger partial charge < -0.3 is 4.42 Å². The van der Waals surface area contributed by atoms with Gasteiger partial charge in [0.25, 0.3) is 10.0 Å². The number of hydrogen-bond acceptors (Lipinski definition) is 3. The minimum Gasteiger partial charge on any atom is -0.460 e. The third-order valence-electron chi connectivity index (χ3n) is 5.67. The van der Waals surface area contributed by atoms with Gasteiger partial charge in [-0.25, -0.2) is 8.42 Å². The number of anilines is 1. The molecule has 1 aliphatic carbocycles. The molecule has 0 aliphatic heterocycles. The Morgan fingerprint density at radius 2 is 1.76 bits per heavy atom. The van der Waals surface area contributed by atoms with E-state index < -0.39 is 10.0 Å². The molecule has 1 atom stereocenters. The molecular weight excluding hydrogens is 406 g/mol. The second-order valence-electron chi connectivity index (χ2n) is 7.76. The van der Waals surface area contributed by atoms with E-state index in [0.29, 0.717) is 16.6 Å². The number of rotatable bonds is 3. The molecule has 0 fully saturated rings. The predicted octanol–water partition coefficient (Wildman–Crippen LogP) is 6.17. The Labute approximate surface area is 174 Å². The van der Waals surface area contributed by atoms with Crippen LogP contribution in [-0.2, 0) is 22.9 Å². The molecule has 5 rings (SSSR count). The molecule has 3 aromatic carbocycles. The predicted molar refractivity (Wildman–Crippen MR) is 117 cm³/mol. The van der Waals surface area contributed by atoms with E-state index in [1.165, 1.54) is 17.7 Å². The van der Waals surface area contributed by atoms with E-state index in [4.69, 9.17) is 16.0 Å². The van der Waals surface area contributed by atoms with Crippen LogP contribution in [0, 0.1) is 5.92 Å².